The number of hydrogen-bond acceptors (Lipinski definition) is 5. The lowest BCUT2D eigenvalue weighted by Gasteiger charge is -2.17. The van der Waals surface area contributed by atoms with Crippen LogP contribution in [0.5, 0.6) is 0 Å². The minimum absolute atomic E-state index is 0.175. The normalized spacial score (nSPS) is 16.8. The molecule has 1 saturated carbocycles. The summed E-state index contributed by atoms with van der Waals surface area (Å²) in [6.45, 7) is 1.85. The summed E-state index contributed by atoms with van der Waals surface area (Å²) < 4.78 is 68.5. The van der Waals surface area contributed by atoms with Gasteiger partial charge in [-0.15, -0.1) is 0 Å². The Morgan fingerprint density at radius 1 is 1.28 bits per heavy atom. The number of alkyl halides is 3. The number of nitrogens with one attached hydrogen (secondary N) is 1. The van der Waals surface area contributed by atoms with Gasteiger partial charge in [-0.3, -0.25) is 0 Å². The lowest BCUT2D eigenvalue weighted by molar-refractivity contribution is -0.159. The molecule has 1 atom stereocenters. The van der Waals surface area contributed by atoms with Crippen molar-refractivity contribution in [2.24, 2.45) is 0 Å². The predicted molar refractivity (Wildman–Crippen MR) is 82.8 cm³/mol. The van der Waals surface area contributed by atoms with Crippen LogP contribution in [0.3, 0.4) is 0 Å². The molecule has 1 aromatic heterocycles. The van der Waals surface area contributed by atoms with Crippen LogP contribution in [0.2, 0.25) is 0 Å². The summed E-state index contributed by atoms with van der Waals surface area (Å²) in [7, 11) is -3.34. The topological polar surface area (TPSA) is 85.1 Å². The maximum Gasteiger partial charge on any atom is 0.471 e. The predicted octanol–water partition coefficient (Wildman–Crippen LogP) is 3.29. The number of benzene rings is 1. The fourth-order valence-electron chi connectivity index (χ4n) is 2.38. The summed E-state index contributed by atoms with van der Waals surface area (Å²) in [6, 6.07) is 5.96. The lowest BCUT2D eigenvalue weighted by Crippen LogP contribution is -2.31. The standard InChI is InChI=1S/C15H16F3N3O3S/c1-2-12(21-25(22,23)11-7-8-11)9-3-5-10(6-4-9)13-19-14(24-20-13)15(16,17)18/h3-6,11-12,21H,2,7-8H2,1H3. The molecule has 0 saturated heterocycles. The molecule has 0 radical (unpaired) electrons. The number of nitrogens with zero attached hydrogens (tertiary/aromatic N) is 2. The Morgan fingerprint density at radius 2 is 1.92 bits per heavy atom. The van der Waals surface area contributed by atoms with Crippen LogP contribution in [0.1, 0.15) is 43.7 Å². The summed E-state index contributed by atoms with van der Waals surface area (Å²) in [5.41, 5.74) is 1.07. The highest BCUT2D eigenvalue weighted by Gasteiger charge is 2.39. The van der Waals surface area contributed by atoms with Gasteiger partial charge in [0.2, 0.25) is 15.8 Å². The highest BCUT2D eigenvalue weighted by atomic mass is 32.2. The third kappa shape index (κ3) is 4.01. The summed E-state index contributed by atoms with van der Waals surface area (Å²) in [5, 5.41) is 3.00. The van der Waals surface area contributed by atoms with Gasteiger partial charge < -0.3 is 4.52 Å². The second-order valence-electron chi connectivity index (χ2n) is 5.87. The van der Waals surface area contributed by atoms with Crippen molar-refractivity contribution in [1.29, 1.82) is 0 Å². The van der Waals surface area contributed by atoms with E-state index >= 15 is 0 Å². The molecule has 2 aromatic rings. The molecule has 10 heteroatoms. The summed E-state index contributed by atoms with van der Waals surface area (Å²) in [5.74, 6) is -1.58. The van der Waals surface area contributed by atoms with Crippen LogP contribution >= 0.6 is 0 Å². The van der Waals surface area contributed by atoms with Crippen molar-refractivity contribution in [3.63, 3.8) is 0 Å². The molecule has 0 aliphatic heterocycles. The van der Waals surface area contributed by atoms with Crippen LogP contribution in [0.25, 0.3) is 11.4 Å². The molecule has 1 heterocycles. The van der Waals surface area contributed by atoms with Gasteiger partial charge in [-0.05, 0) is 24.8 Å². The van der Waals surface area contributed by atoms with Gasteiger partial charge in [-0.1, -0.05) is 36.3 Å². The molecule has 0 spiro atoms. The van der Waals surface area contributed by atoms with Crippen molar-refractivity contribution in [1.82, 2.24) is 14.9 Å². The first-order valence-electron chi connectivity index (χ1n) is 7.73. The van der Waals surface area contributed by atoms with E-state index in [1.54, 1.807) is 12.1 Å². The van der Waals surface area contributed by atoms with Crippen LogP contribution < -0.4 is 4.72 Å². The van der Waals surface area contributed by atoms with E-state index in [0.29, 0.717) is 24.8 Å². The Bertz CT molecular complexity index is 843. The van der Waals surface area contributed by atoms with E-state index in [2.05, 4.69) is 19.4 Å². The Kier molecular flexibility index (Phi) is 4.58. The molecular formula is C15H16F3N3O3S. The van der Waals surface area contributed by atoms with E-state index in [1.165, 1.54) is 12.1 Å². The van der Waals surface area contributed by atoms with Gasteiger partial charge in [0.15, 0.2) is 0 Å². The molecule has 25 heavy (non-hydrogen) atoms. The quantitative estimate of drug-likeness (QED) is 0.837. The Balaban J connectivity index is 1.78. The van der Waals surface area contributed by atoms with Crippen LogP contribution in [0, 0.1) is 0 Å². The van der Waals surface area contributed by atoms with Crippen molar-refractivity contribution in [3.8, 4) is 11.4 Å². The maximum atomic E-state index is 12.5. The molecule has 6 nitrogen and oxygen atoms in total. The smallest absolute Gasteiger partial charge is 0.329 e. The summed E-state index contributed by atoms with van der Waals surface area (Å²) >= 11 is 0. The number of sulfonamides is 1. The van der Waals surface area contributed by atoms with E-state index in [9.17, 15) is 21.6 Å². The van der Waals surface area contributed by atoms with Gasteiger partial charge in [0.25, 0.3) is 0 Å². The van der Waals surface area contributed by atoms with E-state index in [0.717, 1.165) is 5.56 Å². The molecule has 3 rings (SSSR count). The maximum absolute atomic E-state index is 12.5. The number of hydrogen-bond donors (Lipinski definition) is 1. The van der Waals surface area contributed by atoms with Gasteiger partial charge in [-0.25, -0.2) is 13.1 Å². The molecular weight excluding hydrogens is 359 g/mol. The molecule has 1 aromatic carbocycles. The number of halogens is 3. The number of aromatic nitrogens is 2. The van der Waals surface area contributed by atoms with E-state index in [4.69, 9.17) is 0 Å². The van der Waals surface area contributed by atoms with Gasteiger partial charge in [0.1, 0.15) is 0 Å². The second kappa shape index (κ2) is 6.41. The first-order valence-corrected chi connectivity index (χ1v) is 9.27. The summed E-state index contributed by atoms with van der Waals surface area (Å²) in [6.07, 6.45) is -2.81. The fraction of sp³-hybridized carbons (Fsp3) is 0.467. The Hall–Kier alpha value is -1.94. The van der Waals surface area contributed by atoms with Crippen molar-refractivity contribution in [2.75, 3.05) is 0 Å². The van der Waals surface area contributed by atoms with Gasteiger partial charge in [0.05, 0.1) is 5.25 Å². The van der Waals surface area contributed by atoms with Crippen molar-refractivity contribution >= 4 is 10.0 Å². The largest absolute Gasteiger partial charge is 0.471 e. The third-order valence-corrected chi connectivity index (χ3v) is 5.88. The zero-order valence-corrected chi connectivity index (χ0v) is 14.1. The molecule has 1 fully saturated rings. The third-order valence-electron chi connectivity index (χ3n) is 3.92. The van der Waals surface area contributed by atoms with Crippen LogP contribution in [-0.4, -0.2) is 23.8 Å². The van der Waals surface area contributed by atoms with E-state index in [1.807, 2.05) is 6.92 Å². The molecule has 1 aliphatic carbocycles. The zero-order chi connectivity index (χ0) is 18.2. The van der Waals surface area contributed by atoms with Crippen molar-refractivity contribution in [2.45, 2.75) is 43.7 Å². The summed E-state index contributed by atoms with van der Waals surface area (Å²) in [4.78, 5) is 3.32. The van der Waals surface area contributed by atoms with Crippen molar-refractivity contribution in [3.05, 3.63) is 35.7 Å². The Labute approximate surface area is 142 Å². The number of rotatable bonds is 6. The first-order chi connectivity index (χ1) is 11.7. The molecule has 1 N–H and O–H groups in total. The second-order valence-corrected chi connectivity index (χ2v) is 7.86. The Morgan fingerprint density at radius 3 is 2.40 bits per heavy atom. The molecule has 0 amide bonds. The average Bonchev–Trinajstić information content (AvgIpc) is 3.30. The highest BCUT2D eigenvalue weighted by Crippen LogP contribution is 2.31. The van der Waals surface area contributed by atoms with Crippen molar-refractivity contribution < 1.29 is 26.1 Å². The van der Waals surface area contributed by atoms with Gasteiger partial charge >= 0.3 is 12.1 Å². The van der Waals surface area contributed by atoms with Gasteiger partial charge in [-0.2, -0.15) is 18.2 Å². The lowest BCUT2D eigenvalue weighted by atomic mass is 10.0. The van der Waals surface area contributed by atoms with Crippen LogP contribution in [-0.2, 0) is 16.2 Å². The molecule has 136 valence electrons. The molecule has 1 unspecified atom stereocenters. The van der Waals surface area contributed by atoms with E-state index < -0.39 is 28.1 Å². The SMILES string of the molecule is CCC(NS(=O)(=O)C1CC1)c1ccc(-c2noc(C(F)(F)F)n2)cc1. The van der Waals surface area contributed by atoms with Crippen LogP contribution in [0.15, 0.2) is 28.8 Å². The first kappa shape index (κ1) is 17.9. The molecule has 0 bridgehead atoms. The monoisotopic (exact) mass is 375 g/mol. The fourth-order valence-corrected chi connectivity index (χ4v) is 4.03. The van der Waals surface area contributed by atoms with Gasteiger partial charge in [0, 0.05) is 11.6 Å². The van der Waals surface area contributed by atoms with Crippen LogP contribution in [0.4, 0.5) is 13.2 Å². The van der Waals surface area contributed by atoms with E-state index in [-0.39, 0.29) is 11.1 Å². The average molecular weight is 375 g/mol. The zero-order valence-electron chi connectivity index (χ0n) is 13.2. The highest BCUT2D eigenvalue weighted by molar-refractivity contribution is 7.90. The minimum atomic E-state index is -4.69. The minimum Gasteiger partial charge on any atom is -0.329 e. The molecule has 1 aliphatic rings.